The molecule has 0 unspecified atom stereocenters. The first kappa shape index (κ1) is 25.0. The molecule has 0 aliphatic carbocycles. The molecule has 2 aromatic rings. The number of nitrogens with two attached hydrogens (primary N) is 1. The SMILES string of the molecule is CCc1cc(NC(=O)C(=O)N2C[C@@H](C)CC[C@@H]2c2ccc(N3CCN(CC)CC3)cc2)cnc1N. The number of anilines is 3. The Morgan fingerprint density at radius 1 is 1.09 bits per heavy atom. The van der Waals surface area contributed by atoms with E-state index in [0.717, 1.165) is 56.7 Å². The average molecular weight is 479 g/mol. The van der Waals surface area contributed by atoms with Gasteiger partial charge < -0.3 is 25.8 Å². The zero-order valence-corrected chi connectivity index (χ0v) is 21.2. The van der Waals surface area contributed by atoms with Crippen molar-refractivity contribution in [3.63, 3.8) is 0 Å². The number of nitrogens with one attached hydrogen (secondary N) is 1. The number of aryl methyl sites for hydroxylation is 1. The van der Waals surface area contributed by atoms with E-state index >= 15 is 0 Å². The van der Waals surface area contributed by atoms with E-state index < -0.39 is 11.8 Å². The van der Waals surface area contributed by atoms with Crippen LogP contribution in [0.5, 0.6) is 0 Å². The normalized spacial score (nSPS) is 21.1. The molecule has 8 heteroatoms. The molecule has 4 rings (SSSR count). The van der Waals surface area contributed by atoms with Gasteiger partial charge in [0.25, 0.3) is 0 Å². The number of likely N-dealkylation sites (tertiary alicyclic amines) is 1. The second-order valence-electron chi connectivity index (χ2n) is 9.74. The van der Waals surface area contributed by atoms with Crippen molar-refractivity contribution in [3.8, 4) is 0 Å². The van der Waals surface area contributed by atoms with E-state index in [4.69, 9.17) is 5.73 Å². The molecule has 8 nitrogen and oxygen atoms in total. The number of nitrogen functional groups attached to an aromatic ring is 1. The average Bonchev–Trinajstić information content (AvgIpc) is 2.89. The minimum absolute atomic E-state index is 0.105. The van der Waals surface area contributed by atoms with E-state index in [1.165, 1.54) is 11.9 Å². The topological polar surface area (TPSA) is 94.8 Å². The number of carbonyl (C=O) groups is 2. The molecule has 0 bridgehead atoms. The second-order valence-corrected chi connectivity index (χ2v) is 9.74. The molecule has 2 aliphatic rings. The van der Waals surface area contributed by atoms with Crippen LogP contribution in [-0.4, -0.2) is 65.9 Å². The third-order valence-corrected chi connectivity index (χ3v) is 7.38. The Morgan fingerprint density at radius 2 is 1.80 bits per heavy atom. The van der Waals surface area contributed by atoms with Crippen LogP contribution in [0.3, 0.4) is 0 Å². The van der Waals surface area contributed by atoms with Gasteiger partial charge >= 0.3 is 11.8 Å². The molecule has 0 radical (unpaired) electrons. The van der Waals surface area contributed by atoms with Crippen molar-refractivity contribution >= 4 is 29.0 Å². The lowest BCUT2D eigenvalue weighted by molar-refractivity contribution is -0.146. The van der Waals surface area contributed by atoms with Crippen LogP contribution in [0.2, 0.25) is 0 Å². The molecule has 35 heavy (non-hydrogen) atoms. The fourth-order valence-corrected chi connectivity index (χ4v) is 5.14. The van der Waals surface area contributed by atoms with Crippen LogP contribution in [0.1, 0.15) is 50.8 Å². The number of hydrogen-bond donors (Lipinski definition) is 2. The van der Waals surface area contributed by atoms with E-state index in [-0.39, 0.29) is 6.04 Å². The molecule has 0 spiro atoms. The number of pyridine rings is 1. The second kappa shape index (κ2) is 11.1. The highest BCUT2D eigenvalue weighted by atomic mass is 16.2. The van der Waals surface area contributed by atoms with Crippen molar-refractivity contribution in [2.24, 2.45) is 5.92 Å². The van der Waals surface area contributed by atoms with Gasteiger partial charge in [-0.25, -0.2) is 4.98 Å². The van der Waals surface area contributed by atoms with Crippen LogP contribution in [0.4, 0.5) is 17.2 Å². The molecule has 0 saturated carbocycles. The number of piperazine rings is 1. The van der Waals surface area contributed by atoms with Crippen molar-refractivity contribution in [2.75, 3.05) is 55.2 Å². The number of likely N-dealkylation sites (N-methyl/N-ethyl adjacent to an activating group) is 1. The van der Waals surface area contributed by atoms with E-state index in [9.17, 15) is 9.59 Å². The number of benzene rings is 1. The Morgan fingerprint density at radius 3 is 2.46 bits per heavy atom. The summed E-state index contributed by atoms with van der Waals surface area (Å²) in [7, 11) is 0. The zero-order chi connectivity index (χ0) is 24.9. The smallest absolute Gasteiger partial charge is 0.313 e. The molecule has 2 saturated heterocycles. The quantitative estimate of drug-likeness (QED) is 0.641. The minimum Gasteiger partial charge on any atom is -0.383 e. The first-order valence-electron chi connectivity index (χ1n) is 12.8. The molecule has 3 N–H and O–H groups in total. The summed E-state index contributed by atoms with van der Waals surface area (Å²) in [5, 5.41) is 2.73. The summed E-state index contributed by atoms with van der Waals surface area (Å²) in [6.07, 6.45) is 4.07. The number of aromatic nitrogens is 1. The molecule has 188 valence electrons. The maximum Gasteiger partial charge on any atom is 0.313 e. The molecule has 1 aromatic carbocycles. The first-order valence-corrected chi connectivity index (χ1v) is 12.8. The summed E-state index contributed by atoms with van der Waals surface area (Å²) in [5.41, 5.74) is 9.50. The maximum absolute atomic E-state index is 13.3. The van der Waals surface area contributed by atoms with E-state index in [0.29, 0.717) is 30.4 Å². The number of carbonyl (C=O) groups excluding carboxylic acids is 2. The Hall–Kier alpha value is -3.13. The fraction of sp³-hybridized carbons (Fsp3) is 0.519. The summed E-state index contributed by atoms with van der Waals surface area (Å²) >= 11 is 0. The van der Waals surface area contributed by atoms with Gasteiger partial charge in [0.1, 0.15) is 5.82 Å². The Labute approximate surface area is 208 Å². The molecular formula is C27H38N6O2. The number of piperidine rings is 1. The van der Waals surface area contributed by atoms with Gasteiger partial charge in [-0.1, -0.05) is 32.9 Å². The molecular weight excluding hydrogens is 440 g/mol. The van der Waals surface area contributed by atoms with Crippen LogP contribution < -0.4 is 16.0 Å². The lowest BCUT2D eigenvalue weighted by Gasteiger charge is -2.39. The maximum atomic E-state index is 13.3. The van der Waals surface area contributed by atoms with Gasteiger partial charge in [-0.15, -0.1) is 0 Å². The van der Waals surface area contributed by atoms with Crippen LogP contribution in [0.25, 0.3) is 0 Å². The van der Waals surface area contributed by atoms with Crippen LogP contribution in [0, 0.1) is 5.92 Å². The van der Waals surface area contributed by atoms with Gasteiger partial charge in [0, 0.05) is 38.4 Å². The Balaban J connectivity index is 1.46. The van der Waals surface area contributed by atoms with Gasteiger partial charge in [0.05, 0.1) is 17.9 Å². The molecule has 2 aliphatic heterocycles. The van der Waals surface area contributed by atoms with Crippen LogP contribution in [-0.2, 0) is 16.0 Å². The van der Waals surface area contributed by atoms with Gasteiger partial charge in [-0.05, 0) is 61.1 Å². The summed E-state index contributed by atoms with van der Waals surface area (Å²) in [4.78, 5) is 37.0. The highest BCUT2D eigenvalue weighted by Crippen LogP contribution is 2.34. The minimum atomic E-state index is -0.636. The Bertz CT molecular complexity index is 1030. The third-order valence-electron chi connectivity index (χ3n) is 7.38. The molecule has 2 atom stereocenters. The summed E-state index contributed by atoms with van der Waals surface area (Å²) in [5.74, 6) is -0.348. The molecule has 2 fully saturated rings. The van der Waals surface area contributed by atoms with Crippen molar-refractivity contribution < 1.29 is 9.59 Å². The predicted octanol–water partition coefficient (Wildman–Crippen LogP) is 3.31. The van der Waals surface area contributed by atoms with Gasteiger partial charge in [0.15, 0.2) is 0 Å². The van der Waals surface area contributed by atoms with Crippen molar-refractivity contribution in [1.29, 1.82) is 0 Å². The van der Waals surface area contributed by atoms with E-state index in [2.05, 4.69) is 58.2 Å². The van der Waals surface area contributed by atoms with Gasteiger partial charge in [-0.2, -0.15) is 0 Å². The Kier molecular flexibility index (Phi) is 7.90. The third kappa shape index (κ3) is 5.75. The number of nitrogens with zero attached hydrogens (tertiary/aromatic N) is 4. The van der Waals surface area contributed by atoms with Gasteiger partial charge in [-0.3, -0.25) is 9.59 Å². The van der Waals surface area contributed by atoms with Crippen molar-refractivity contribution in [2.45, 2.75) is 46.1 Å². The summed E-state index contributed by atoms with van der Waals surface area (Å²) in [6.45, 7) is 12.2. The van der Waals surface area contributed by atoms with Crippen molar-refractivity contribution in [3.05, 3.63) is 47.7 Å². The number of rotatable bonds is 5. The van der Waals surface area contributed by atoms with Gasteiger partial charge in [0.2, 0.25) is 0 Å². The van der Waals surface area contributed by atoms with E-state index in [1.54, 1.807) is 11.0 Å². The summed E-state index contributed by atoms with van der Waals surface area (Å²) in [6, 6.07) is 10.2. The highest BCUT2D eigenvalue weighted by Gasteiger charge is 2.34. The van der Waals surface area contributed by atoms with Crippen LogP contribution >= 0.6 is 0 Å². The zero-order valence-electron chi connectivity index (χ0n) is 21.2. The highest BCUT2D eigenvalue weighted by molar-refractivity contribution is 6.39. The first-order chi connectivity index (χ1) is 16.9. The predicted molar refractivity (Wildman–Crippen MR) is 140 cm³/mol. The largest absolute Gasteiger partial charge is 0.383 e. The summed E-state index contributed by atoms with van der Waals surface area (Å²) < 4.78 is 0. The molecule has 1 aromatic heterocycles. The monoisotopic (exact) mass is 478 g/mol. The molecule has 2 amide bonds. The number of amides is 2. The lowest BCUT2D eigenvalue weighted by Crippen LogP contribution is -2.46. The van der Waals surface area contributed by atoms with Crippen molar-refractivity contribution in [1.82, 2.24) is 14.8 Å². The lowest BCUT2D eigenvalue weighted by atomic mass is 9.89. The standard InChI is InChI=1S/C27H38N6O2/c1-4-20-16-22(17-29-25(20)28)30-26(34)27(35)33-18-19(3)6-11-24(33)21-7-9-23(10-8-21)32-14-12-31(5-2)13-15-32/h7-10,16-17,19,24H,4-6,11-15,18H2,1-3H3,(H2,28,29)(H,30,34)/t19-,24+/m0/s1. The molecule has 3 heterocycles. The van der Waals surface area contributed by atoms with E-state index in [1.807, 2.05) is 6.92 Å². The van der Waals surface area contributed by atoms with Crippen LogP contribution in [0.15, 0.2) is 36.5 Å². The fourth-order valence-electron chi connectivity index (χ4n) is 5.14. The number of hydrogen-bond acceptors (Lipinski definition) is 6.